The summed E-state index contributed by atoms with van der Waals surface area (Å²) in [6.07, 6.45) is 1.11. The number of rotatable bonds is 3. The molecule has 0 bridgehead atoms. The predicted molar refractivity (Wildman–Crippen MR) is 84.3 cm³/mol. The fourth-order valence-corrected chi connectivity index (χ4v) is 3.52. The summed E-state index contributed by atoms with van der Waals surface area (Å²) in [7, 11) is 1.46. The highest BCUT2D eigenvalue weighted by molar-refractivity contribution is 8.15. The molecule has 1 N–H and O–H groups in total. The molecule has 5 heteroatoms. The molecule has 1 atom stereocenters. The Morgan fingerprint density at radius 2 is 2.20 bits per heavy atom. The molecule has 1 aliphatic heterocycles. The number of ether oxygens (including phenoxy) is 1. The lowest BCUT2D eigenvalue weighted by Gasteiger charge is -2.21. The highest BCUT2D eigenvalue weighted by Gasteiger charge is 2.25. The zero-order chi connectivity index (χ0) is 14.8. The van der Waals surface area contributed by atoms with Crippen molar-refractivity contribution in [3.8, 4) is 5.75 Å². The van der Waals surface area contributed by atoms with Crippen molar-refractivity contribution in [2.45, 2.75) is 32.4 Å². The first-order valence-electron chi connectivity index (χ1n) is 6.69. The minimum atomic E-state index is -0.368. The second-order valence-electron chi connectivity index (χ2n) is 6.12. The summed E-state index contributed by atoms with van der Waals surface area (Å²) in [4.78, 5) is 4.48. The quantitative estimate of drug-likeness (QED) is 0.909. The van der Waals surface area contributed by atoms with Crippen LogP contribution in [0.25, 0.3) is 0 Å². The summed E-state index contributed by atoms with van der Waals surface area (Å²) in [5, 5.41) is 4.53. The molecule has 0 aliphatic carbocycles. The predicted octanol–water partition coefficient (Wildman–Crippen LogP) is 4.15. The molecule has 0 spiro atoms. The number of aliphatic imine (C=N–C) groups is 1. The van der Waals surface area contributed by atoms with E-state index in [4.69, 9.17) is 4.74 Å². The van der Waals surface area contributed by atoms with E-state index in [0.29, 0.717) is 16.4 Å². The minimum absolute atomic E-state index is 0.252. The van der Waals surface area contributed by atoms with Gasteiger partial charge >= 0.3 is 0 Å². The lowest BCUT2D eigenvalue weighted by atomic mass is 9.90. The molecular formula is C15H21FN2OS. The van der Waals surface area contributed by atoms with Gasteiger partial charge in [-0.05, 0) is 24.0 Å². The molecule has 1 heterocycles. The number of nitrogens with zero attached hydrogens (tertiary/aromatic N) is 1. The van der Waals surface area contributed by atoms with Crippen molar-refractivity contribution in [2.75, 3.05) is 19.0 Å². The smallest absolute Gasteiger partial charge is 0.167 e. The van der Waals surface area contributed by atoms with Crippen LogP contribution in [-0.4, -0.2) is 24.1 Å². The number of amidine groups is 1. The zero-order valence-corrected chi connectivity index (χ0v) is 13.2. The van der Waals surface area contributed by atoms with Crippen LogP contribution in [0.5, 0.6) is 5.75 Å². The highest BCUT2D eigenvalue weighted by Crippen LogP contribution is 2.32. The lowest BCUT2D eigenvalue weighted by molar-refractivity contribution is 0.375. The molecule has 0 fully saturated rings. The van der Waals surface area contributed by atoms with E-state index in [2.05, 4.69) is 31.1 Å². The molecule has 20 heavy (non-hydrogen) atoms. The Morgan fingerprint density at radius 1 is 1.45 bits per heavy atom. The van der Waals surface area contributed by atoms with Crippen molar-refractivity contribution in [3.05, 3.63) is 24.0 Å². The van der Waals surface area contributed by atoms with Gasteiger partial charge in [0.05, 0.1) is 13.7 Å². The van der Waals surface area contributed by atoms with E-state index in [-0.39, 0.29) is 11.6 Å². The molecule has 110 valence electrons. The number of benzene rings is 1. The summed E-state index contributed by atoms with van der Waals surface area (Å²) >= 11 is 1.73. The molecule has 3 nitrogen and oxygen atoms in total. The van der Waals surface area contributed by atoms with Gasteiger partial charge in [0.25, 0.3) is 0 Å². The number of hydrogen-bond donors (Lipinski definition) is 1. The Bertz CT molecular complexity index is 511. The summed E-state index contributed by atoms with van der Waals surface area (Å²) in [6, 6.07) is 4.84. The summed E-state index contributed by atoms with van der Waals surface area (Å²) in [6.45, 7) is 7.52. The maximum absolute atomic E-state index is 13.6. The third-order valence-corrected chi connectivity index (χ3v) is 4.06. The average Bonchev–Trinajstić information content (AvgIpc) is 2.74. The first-order valence-corrected chi connectivity index (χ1v) is 7.57. The molecule has 1 aromatic rings. The van der Waals surface area contributed by atoms with E-state index in [0.717, 1.165) is 18.1 Å². The van der Waals surface area contributed by atoms with Crippen LogP contribution in [0.4, 0.5) is 10.1 Å². The van der Waals surface area contributed by atoms with Gasteiger partial charge in [-0.3, -0.25) is 4.99 Å². The van der Waals surface area contributed by atoms with E-state index in [1.807, 2.05) is 0 Å². The van der Waals surface area contributed by atoms with Crippen molar-refractivity contribution in [1.82, 2.24) is 0 Å². The van der Waals surface area contributed by atoms with Crippen molar-refractivity contribution in [2.24, 2.45) is 10.4 Å². The minimum Gasteiger partial charge on any atom is -0.494 e. The number of halogens is 1. The molecule has 0 radical (unpaired) electrons. The third-order valence-electron chi connectivity index (χ3n) is 2.96. The number of nitrogens with one attached hydrogen (secondary N) is 1. The van der Waals surface area contributed by atoms with E-state index < -0.39 is 0 Å². The molecule has 0 saturated heterocycles. The SMILES string of the molecule is COc1ccc(NC2=NCC(CC(C)(C)C)S2)cc1F. The lowest BCUT2D eigenvalue weighted by Crippen LogP contribution is -2.16. The van der Waals surface area contributed by atoms with Crippen LogP contribution in [0.1, 0.15) is 27.2 Å². The fraction of sp³-hybridized carbons (Fsp3) is 0.533. The molecular weight excluding hydrogens is 275 g/mol. The molecule has 1 aliphatic rings. The third kappa shape index (κ3) is 4.13. The Labute approximate surface area is 124 Å². The Balaban J connectivity index is 1.94. The van der Waals surface area contributed by atoms with Gasteiger partial charge in [0.2, 0.25) is 0 Å². The number of anilines is 1. The first-order chi connectivity index (χ1) is 9.37. The molecule has 0 aromatic heterocycles. The van der Waals surface area contributed by atoms with Crippen LogP contribution in [0.15, 0.2) is 23.2 Å². The number of thioether (sulfide) groups is 1. The van der Waals surface area contributed by atoms with Crippen LogP contribution in [0.3, 0.4) is 0 Å². The van der Waals surface area contributed by atoms with Gasteiger partial charge in [-0.1, -0.05) is 32.5 Å². The van der Waals surface area contributed by atoms with Crippen molar-refractivity contribution < 1.29 is 9.13 Å². The van der Waals surface area contributed by atoms with Gasteiger partial charge in [0.15, 0.2) is 16.7 Å². The van der Waals surface area contributed by atoms with Crippen molar-refractivity contribution in [3.63, 3.8) is 0 Å². The Hall–Kier alpha value is -1.23. The van der Waals surface area contributed by atoms with Gasteiger partial charge in [-0.15, -0.1) is 0 Å². The Morgan fingerprint density at radius 3 is 2.80 bits per heavy atom. The van der Waals surface area contributed by atoms with Gasteiger partial charge in [0, 0.05) is 17.0 Å². The number of hydrogen-bond acceptors (Lipinski definition) is 4. The summed E-state index contributed by atoms with van der Waals surface area (Å²) < 4.78 is 18.5. The zero-order valence-electron chi connectivity index (χ0n) is 12.4. The Kier molecular flexibility index (Phi) is 4.58. The van der Waals surface area contributed by atoms with E-state index in [9.17, 15) is 4.39 Å². The first kappa shape index (κ1) is 15.2. The molecule has 0 amide bonds. The average molecular weight is 296 g/mol. The van der Waals surface area contributed by atoms with E-state index >= 15 is 0 Å². The van der Waals surface area contributed by atoms with Crippen LogP contribution in [0.2, 0.25) is 0 Å². The van der Waals surface area contributed by atoms with E-state index in [1.54, 1.807) is 23.9 Å². The van der Waals surface area contributed by atoms with Gasteiger partial charge in [-0.25, -0.2) is 4.39 Å². The molecule has 1 aromatic carbocycles. The summed E-state index contributed by atoms with van der Waals surface area (Å²) in [5.41, 5.74) is 1.00. The fourth-order valence-electron chi connectivity index (χ4n) is 2.14. The van der Waals surface area contributed by atoms with Gasteiger partial charge in [0.1, 0.15) is 0 Å². The van der Waals surface area contributed by atoms with Gasteiger partial charge in [-0.2, -0.15) is 0 Å². The van der Waals surface area contributed by atoms with Crippen LogP contribution in [0, 0.1) is 11.2 Å². The topological polar surface area (TPSA) is 33.6 Å². The molecule has 2 rings (SSSR count). The highest BCUT2D eigenvalue weighted by atomic mass is 32.2. The molecule has 1 unspecified atom stereocenters. The monoisotopic (exact) mass is 296 g/mol. The van der Waals surface area contributed by atoms with Crippen molar-refractivity contribution >= 4 is 22.6 Å². The normalized spacial score (nSPS) is 18.9. The maximum Gasteiger partial charge on any atom is 0.167 e. The van der Waals surface area contributed by atoms with Crippen LogP contribution in [-0.2, 0) is 0 Å². The second kappa shape index (κ2) is 6.04. The summed E-state index contributed by atoms with van der Waals surface area (Å²) in [5.74, 6) is -0.116. The van der Waals surface area contributed by atoms with Crippen LogP contribution >= 0.6 is 11.8 Å². The van der Waals surface area contributed by atoms with E-state index in [1.165, 1.54) is 13.2 Å². The molecule has 0 saturated carbocycles. The van der Waals surface area contributed by atoms with Gasteiger partial charge < -0.3 is 10.1 Å². The second-order valence-corrected chi connectivity index (χ2v) is 7.41. The van der Waals surface area contributed by atoms with Crippen molar-refractivity contribution in [1.29, 1.82) is 0 Å². The standard InChI is InChI=1S/C15H21FN2OS/c1-15(2,3)8-11-9-17-14(20-11)18-10-5-6-13(19-4)12(16)7-10/h5-7,11H,8-9H2,1-4H3,(H,17,18). The van der Waals surface area contributed by atoms with Crippen LogP contribution < -0.4 is 10.1 Å². The maximum atomic E-state index is 13.6. The number of methoxy groups -OCH3 is 1. The largest absolute Gasteiger partial charge is 0.494 e.